The molecule has 7 rings (SSSR count). The van der Waals surface area contributed by atoms with Gasteiger partial charge in [0.2, 0.25) is 0 Å². The van der Waals surface area contributed by atoms with E-state index in [9.17, 15) is 31.6 Å². The van der Waals surface area contributed by atoms with Crippen molar-refractivity contribution in [2.24, 2.45) is 0 Å². The molecule has 5 aromatic carbocycles. The highest BCUT2D eigenvalue weighted by atomic mass is 19.4. The van der Waals surface area contributed by atoms with E-state index in [4.69, 9.17) is 5.26 Å². The van der Waals surface area contributed by atoms with Crippen LogP contribution in [0.1, 0.15) is 33.4 Å². The van der Waals surface area contributed by atoms with Gasteiger partial charge in [0.25, 0.3) is 0 Å². The number of hydrogen-bond acceptors (Lipinski definition) is 4. The van der Waals surface area contributed by atoms with Gasteiger partial charge in [0, 0.05) is 28.7 Å². The van der Waals surface area contributed by atoms with Crippen LogP contribution in [0.3, 0.4) is 0 Å². The third kappa shape index (κ3) is 6.15. The van der Waals surface area contributed by atoms with E-state index < -0.39 is 23.5 Å². The van der Waals surface area contributed by atoms with Crippen LogP contribution in [0, 0.1) is 36.5 Å². The molecule has 51 heavy (non-hydrogen) atoms. The molecule has 0 aliphatic carbocycles. The van der Waals surface area contributed by atoms with Gasteiger partial charge in [0.05, 0.1) is 39.0 Å². The molecule has 0 unspecified atom stereocenters. The number of benzene rings is 5. The number of fused-ring (bicyclic) bond motifs is 3. The quantitative estimate of drug-likeness (QED) is 0.173. The maximum atomic E-state index is 13.8. The Morgan fingerprint density at radius 1 is 0.549 bits per heavy atom. The molecule has 0 bridgehead atoms. The monoisotopic (exact) mass is 687 g/mol. The average molecular weight is 688 g/mol. The van der Waals surface area contributed by atoms with Crippen LogP contribution in [-0.2, 0) is 12.4 Å². The minimum absolute atomic E-state index is 0.103. The van der Waals surface area contributed by atoms with Crippen LogP contribution in [0.4, 0.5) is 26.3 Å². The zero-order valence-corrected chi connectivity index (χ0v) is 26.8. The number of nitriles is 2. The Balaban J connectivity index is 1.51. The lowest BCUT2D eigenvalue weighted by molar-refractivity contribution is -0.143. The summed E-state index contributed by atoms with van der Waals surface area (Å²) in [7, 11) is 0. The highest BCUT2D eigenvalue weighted by molar-refractivity contribution is 6.11. The largest absolute Gasteiger partial charge is 0.416 e. The lowest BCUT2D eigenvalue weighted by Gasteiger charge is -2.15. The van der Waals surface area contributed by atoms with Crippen molar-refractivity contribution in [3.05, 3.63) is 137 Å². The highest BCUT2D eigenvalue weighted by Gasteiger charge is 2.37. The summed E-state index contributed by atoms with van der Waals surface area (Å²) < 4.78 is 84.6. The Hall–Kier alpha value is -6.46. The molecule has 0 aliphatic heterocycles. The van der Waals surface area contributed by atoms with Gasteiger partial charge in [-0.15, -0.1) is 0 Å². The molecular weight excluding hydrogens is 664 g/mol. The number of aryl methyl sites for hydroxylation is 2. The molecule has 0 atom stereocenters. The minimum atomic E-state index is -5.01. The van der Waals surface area contributed by atoms with Crippen molar-refractivity contribution < 1.29 is 26.3 Å². The van der Waals surface area contributed by atoms with Gasteiger partial charge in [-0.3, -0.25) is 0 Å². The first-order chi connectivity index (χ1) is 24.2. The maximum Gasteiger partial charge on any atom is 0.416 e. The van der Waals surface area contributed by atoms with Gasteiger partial charge in [0.1, 0.15) is 12.1 Å². The van der Waals surface area contributed by atoms with Crippen LogP contribution in [0.15, 0.2) is 103 Å². The molecule has 0 N–H and O–H groups in total. The van der Waals surface area contributed by atoms with Crippen molar-refractivity contribution in [3.63, 3.8) is 0 Å². The second-order valence-corrected chi connectivity index (χ2v) is 12.2. The summed E-state index contributed by atoms with van der Waals surface area (Å²) in [6, 6.07) is 27.3. The minimum Gasteiger partial charge on any atom is -0.308 e. The number of rotatable bonds is 4. The second kappa shape index (κ2) is 12.1. The normalized spacial score (nSPS) is 11.9. The molecule has 2 aromatic heterocycles. The molecule has 5 nitrogen and oxygen atoms in total. The van der Waals surface area contributed by atoms with Crippen LogP contribution in [0.2, 0.25) is 0 Å². The Morgan fingerprint density at radius 2 is 1.06 bits per heavy atom. The number of hydrogen-bond donors (Lipinski definition) is 0. The topological polar surface area (TPSA) is 78.3 Å². The second-order valence-electron chi connectivity index (χ2n) is 12.2. The van der Waals surface area contributed by atoms with E-state index in [0.717, 1.165) is 27.6 Å². The Kier molecular flexibility index (Phi) is 7.87. The molecule has 11 heteroatoms. The van der Waals surface area contributed by atoms with E-state index in [0.29, 0.717) is 39.8 Å². The standard InChI is InChI=1S/C40H23F6N5/c1-22-9-23(2)11-28(10-22)25-3-6-33-34-7-4-26(29-13-31(39(41,42)43)17-32(14-29)40(44,45)46)16-37(34)51(36(33)15-25)35-8-5-27(12-30(35)19-48)38-49-20-24(18-47)21-50-38/h3-17,20-21H,1-2H3. The molecule has 0 radical (unpaired) electrons. The fourth-order valence-corrected chi connectivity index (χ4v) is 6.39. The first-order valence-corrected chi connectivity index (χ1v) is 15.5. The van der Waals surface area contributed by atoms with Gasteiger partial charge < -0.3 is 4.57 Å². The van der Waals surface area contributed by atoms with Gasteiger partial charge in [-0.2, -0.15) is 36.9 Å². The molecular formula is C40H23F6N5. The lowest BCUT2D eigenvalue weighted by Crippen LogP contribution is -2.11. The zero-order valence-electron chi connectivity index (χ0n) is 26.8. The van der Waals surface area contributed by atoms with Gasteiger partial charge in [-0.05, 0) is 84.6 Å². The van der Waals surface area contributed by atoms with Gasteiger partial charge in [-0.1, -0.05) is 53.6 Å². The van der Waals surface area contributed by atoms with Crippen molar-refractivity contribution in [2.45, 2.75) is 26.2 Å². The molecule has 0 fully saturated rings. The van der Waals surface area contributed by atoms with Crippen LogP contribution in [0.5, 0.6) is 0 Å². The molecule has 2 heterocycles. The summed E-state index contributed by atoms with van der Waals surface area (Å²) in [6.07, 6.45) is -7.30. The van der Waals surface area contributed by atoms with E-state index >= 15 is 0 Å². The van der Waals surface area contributed by atoms with Crippen LogP contribution < -0.4 is 0 Å². The summed E-state index contributed by atoms with van der Waals surface area (Å²) in [6.45, 7) is 3.98. The first kappa shape index (κ1) is 33.1. The van der Waals surface area contributed by atoms with E-state index in [1.54, 1.807) is 34.9 Å². The van der Waals surface area contributed by atoms with Crippen molar-refractivity contribution in [3.8, 4) is 51.5 Å². The molecule has 0 saturated carbocycles. The SMILES string of the molecule is Cc1cc(C)cc(-c2ccc3c4ccc(-c5cc(C(F)(F)F)cc(C(F)(F)F)c5)cc4n(-c4ccc(-c5ncc(C#N)cn5)cc4C#N)c3c2)c1. The maximum absolute atomic E-state index is 13.8. The summed E-state index contributed by atoms with van der Waals surface area (Å²) in [5, 5.41) is 21.0. The van der Waals surface area contributed by atoms with E-state index in [1.807, 2.05) is 50.2 Å². The average Bonchev–Trinajstić information content (AvgIpc) is 3.42. The van der Waals surface area contributed by atoms with Crippen LogP contribution in [0.25, 0.3) is 61.1 Å². The van der Waals surface area contributed by atoms with E-state index in [-0.39, 0.29) is 34.1 Å². The van der Waals surface area contributed by atoms with Crippen LogP contribution in [-0.4, -0.2) is 14.5 Å². The summed E-state index contributed by atoms with van der Waals surface area (Å²) in [5.74, 6) is 0.281. The van der Waals surface area contributed by atoms with Gasteiger partial charge >= 0.3 is 12.4 Å². The Morgan fingerprint density at radius 3 is 1.55 bits per heavy atom. The van der Waals surface area contributed by atoms with Gasteiger partial charge in [0.15, 0.2) is 5.82 Å². The third-order valence-corrected chi connectivity index (χ3v) is 8.64. The van der Waals surface area contributed by atoms with E-state index in [1.165, 1.54) is 18.5 Å². The number of nitrogens with zero attached hydrogens (tertiary/aromatic N) is 5. The number of aromatic nitrogens is 3. The highest BCUT2D eigenvalue weighted by Crippen LogP contribution is 2.42. The Labute approximate surface area is 287 Å². The smallest absolute Gasteiger partial charge is 0.308 e. The molecule has 250 valence electrons. The number of halogens is 6. The molecule has 0 aliphatic rings. The fraction of sp³-hybridized carbons (Fsp3) is 0.100. The number of alkyl halides is 6. The van der Waals surface area contributed by atoms with E-state index in [2.05, 4.69) is 22.1 Å². The molecule has 0 spiro atoms. The summed E-state index contributed by atoms with van der Waals surface area (Å²) in [5.41, 5.74) is 3.48. The van der Waals surface area contributed by atoms with Gasteiger partial charge in [-0.25, -0.2) is 9.97 Å². The fourth-order valence-electron chi connectivity index (χ4n) is 6.39. The summed E-state index contributed by atoms with van der Waals surface area (Å²) >= 11 is 0. The molecule has 7 aromatic rings. The first-order valence-electron chi connectivity index (χ1n) is 15.5. The predicted molar refractivity (Wildman–Crippen MR) is 182 cm³/mol. The Bertz CT molecular complexity index is 2550. The predicted octanol–water partition coefficient (Wildman–Crippen LogP) is 11.0. The van der Waals surface area contributed by atoms with Crippen LogP contribution >= 0.6 is 0 Å². The molecule has 0 saturated heterocycles. The van der Waals surface area contributed by atoms with Crippen molar-refractivity contribution in [1.29, 1.82) is 10.5 Å². The molecule has 0 amide bonds. The zero-order chi connectivity index (χ0) is 36.2. The van der Waals surface area contributed by atoms with Crippen molar-refractivity contribution in [2.75, 3.05) is 0 Å². The summed E-state index contributed by atoms with van der Waals surface area (Å²) in [4.78, 5) is 8.46. The van der Waals surface area contributed by atoms with Crippen molar-refractivity contribution in [1.82, 2.24) is 14.5 Å². The third-order valence-electron chi connectivity index (χ3n) is 8.64. The van der Waals surface area contributed by atoms with Crippen molar-refractivity contribution >= 4 is 21.8 Å². The lowest BCUT2D eigenvalue weighted by atomic mass is 9.97.